The van der Waals surface area contributed by atoms with Gasteiger partial charge >= 0.3 is 0 Å². The molecular weight excluding hydrogens is 432 g/mol. The normalized spacial score (nSPS) is 19.4. The Morgan fingerprint density at radius 1 is 1.15 bits per heavy atom. The van der Waals surface area contributed by atoms with E-state index in [1.165, 1.54) is 0 Å². The predicted octanol–water partition coefficient (Wildman–Crippen LogP) is 3.88. The van der Waals surface area contributed by atoms with Crippen molar-refractivity contribution in [2.75, 3.05) is 57.2 Å². The molecule has 0 bridgehead atoms. The van der Waals surface area contributed by atoms with Gasteiger partial charge in [0.25, 0.3) is 5.88 Å². The van der Waals surface area contributed by atoms with Gasteiger partial charge in [-0.2, -0.15) is 4.98 Å². The first-order valence-corrected chi connectivity index (χ1v) is 12.4. The molecule has 9 nitrogen and oxygen atoms in total. The van der Waals surface area contributed by atoms with E-state index < -0.39 is 0 Å². The van der Waals surface area contributed by atoms with E-state index in [-0.39, 0.29) is 0 Å². The highest BCUT2D eigenvalue weighted by Crippen LogP contribution is 2.30. The van der Waals surface area contributed by atoms with Crippen molar-refractivity contribution < 1.29 is 14.2 Å². The molecule has 2 fully saturated rings. The van der Waals surface area contributed by atoms with Crippen LogP contribution in [0.25, 0.3) is 0 Å². The molecule has 2 aromatic heterocycles. The second-order valence-electron chi connectivity index (χ2n) is 9.57. The number of hydrogen-bond donors (Lipinski definition) is 2. The molecule has 2 aromatic rings. The Morgan fingerprint density at radius 3 is 2.71 bits per heavy atom. The molecule has 4 rings (SSSR count). The largest absolute Gasteiger partial charge is 0.488 e. The van der Waals surface area contributed by atoms with Crippen LogP contribution in [0.2, 0.25) is 0 Å². The lowest BCUT2D eigenvalue weighted by Gasteiger charge is -2.22. The van der Waals surface area contributed by atoms with Crippen molar-refractivity contribution in [2.24, 2.45) is 11.8 Å². The summed E-state index contributed by atoms with van der Waals surface area (Å²) in [6, 6.07) is 4.44. The van der Waals surface area contributed by atoms with Gasteiger partial charge in [-0.15, -0.1) is 0 Å². The molecule has 0 spiro atoms. The van der Waals surface area contributed by atoms with Gasteiger partial charge in [-0.3, -0.25) is 0 Å². The van der Waals surface area contributed by atoms with E-state index >= 15 is 0 Å². The second kappa shape index (κ2) is 11.7. The zero-order chi connectivity index (χ0) is 23.9. The summed E-state index contributed by atoms with van der Waals surface area (Å²) in [6.45, 7) is 11.8. The quantitative estimate of drug-likeness (QED) is 0.536. The summed E-state index contributed by atoms with van der Waals surface area (Å²) in [5, 5.41) is 6.74. The van der Waals surface area contributed by atoms with Crippen LogP contribution in [-0.2, 0) is 4.74 Å². The number of likely N-dealkylation sites (tertiary alicyclic amines) is 1. The minimum absolute atomic E-state index is 0.480. The highest BCUT2D eigenvalue weighted by Gasteiger charge is 2.25. The van der Waals surface area contributed by atoms with Gasteiger partial charge in [0.15, 0.2) is 5.75 Å². The number of hydrogen-bond acceptors (Lipinski definition) is 9. The SMILES string of the molecule is COc1ncc(Nc2nc(C)cc(NCC3CCOCC3)n2)cc1OC[C@@H]1CCN(C(C)C)C1. The lowest BCUT2D eigenvalue weighted by Crippen LogP contribution is -2.29. The number of pyridine rings is 1. The summed E-state index contributed by atoms with van der Waals surface area (Å²) in [5.74, 6) is 3.56. The van der Waals surface area contributed by atoms with Crippen molar-refractivity contribution in [3.05, 3.63) is 24.0 Å². The van der Waals surface area contributed by atoms with Crippen molar-refractivity contribution in [1.82, 2.24) is 19.9 Å². The molecule has 0 aromatic carbocycles. The third kappa shape index (κ3) is 6.70. The molecule has 2 aliphatic heterocycles. The van der Waals surface area contributed by atoms with Crippen LogP contribution in [0.5, 0.6) is 11.6 Å². The van der Waals surface area contributed by atoms with E-state index in [9.17, 15) is 0 Å². The van der Waals surface area contributed by atoms with Gasteiger partial charge in [-0.05, 0) is 52.5 Å². The molecule has 0 saturated carbocycles. The number of aromatic nitrogens is 3. The standard InChI is InChI=1S/C25H38N6O3/c1-17(2)31-8-5-20(15-31)16-34-22-12-21(14-27-24(22)32-4)29-25-28-18(3)11-23(30-25)26-13-19-6-9-33-10-7-19/h11-12,14,17,19-20H,5-10,13,15-16H2,1-4H3,(H2,26,28,29,30)/t20-/m1/s1. The predicted molar refractivity (Wildman–Crippen MR) is 133 cm³/mol. The highest BCUT2D eigenvalue weighted by molar-refractivity contribution is 5.58. The Labute approximate surface area is 202 Å². The van der Waals surface area contributed by atoms with Crippen LogP contribution in [0.15, 0.2) is 18.3 Å². The molecule has 0 amide bonds. The number of anilines is 3. The molecule has 2 N–H and O–H groups in total. The van der Waals surface area contributed by atoms with Crippen molar-refractivity contribution in [3.8, 4) is 11.6 Å². The third-order valence-corrected chi connectivity index (χ3v) is 6.56. The summed E-state index contributed by atoms with van der Waals surface area (Å²) in [7, 11) is 1.61. The van der Waals surface area contributed by atoms with Gasteiger partial charge in [0.1, 0.15) is 5.82 Å². The summed E-state index contributed by atoms with van der Waals surface area (Å²) in [4.78, 5) is 16.1. The molecule has 9 heteroatoms. The van der Waals surface area contributed by atoms with Gasteiger partial charge in [-0.1, -0.05) is 0 Å². The van der Waals surface area contributed by atoms with Crippen LogP contribution in [0.3, 0.4) is 0 Å². The fourth-order valence-corrected chi connectivity index (χ4v) is 4.48. The maximum atomic E-state index is 6.15. The summed E-state index contributed by atoms with van der Waals surface area (Å²) >= 11 is 0. The van der Waals surface area contributed by atoms with E-state index in [0.29, 0.717) is 42.1 Å². The Balaban J connectivity index is 1.38. The van der Waals surface area contributed by atoms with E-state index in [4.69, 9.17) is 14.2 Å². The lowest BCUT2D eigenvalue weighted by molar-refractivity contribution is 0.0699. The maximum Gasteiger partial charge on any atom is 0.256 e. The zero-order valence-corrected chi connectivity index (χ0v) is 20.8. The summed E-state index contributed by atoms with van der Waals surface area (Å²) < 4.78 is 17.0. The fourth-order valence-electron chi connectivity index (χ4n) is 4.48. The minimum atomic E-state index is 0.480. The number of methoxy groups -OCH3 is 1. The third-order valence-electron chi connectivity index (χ3n) is 6.56. The smallest absolute Gasteiger partial charge is 0.256 e. The van der Waals surface area contributed by atoms with Crippen LogP contribution in [0, 0.1) is 18.8 Å². The zero-order valence-electron chi connectivity index (χ0n) is 20.8. The average molecular weight is 471 g/mol. The molecular formula is C25H38N6O3. The molecule has 2 aliphatic rings. The van der Waals surface area contributed by atoms with Gasteiger partial charge in [-0.25, -0.2) is 9.97 Å². The summed E-state index contributed by atoms with van der Waals surface area (Å²) in [5.41, 5.74) is 1.65. The number of nitrogens with zero attached hydrogens (tertiary/aromatic N) is 4. The van der Waals surface area contributed by atoms with Gasteiger partial charge in [0.05, 0.1) is 25.6 Å². The molecule has 2 saturated heterocycles. The topological polar surface area (TPSA) is 93.7 Å². The molecule has 4 heterocycles. The van der Waals surface area contributed by atoms with Crippen molar-refractivity contribution >= 4 is 17.5 Å². The molecule has 0 aliphatic carbocycles. The molecule has 34 heavy (non-hydrogen) atoms. The lowest BCUT2D eigenvalue weighted by atomic mass is 10.0. The van der Waals surface area contributed by atoms with Crippen LogP contribution in [-0.4, -0.2) is 72.5 Å². The van der Waals surface area contributed by atoms with E-state index in [1.807, 2.05) is 19.1 Å². The van der Waals surface area contributed by atoms with E-state index in [0.717, 1.165) is 69.3 Å². The number of nitrogens with one attached hydrogen (secondary N) is 2. The van der Waals surface area contributed by atoms with E-state index in [2.05, 4.69) is 44.3 Å². The number of aryl methyl sites for hydroxylation is 1. The maximum absolute atomic E-state index is 6.15. The second-order valence-corrected chi connectivity index (χ2v) is 9.57. The molecule has 1 atom stereocenters. The van der Waals surface area contributed by atoms with Gasteiger partial charge in [0, 0.05) is 56.1 Å². The first-order valence-electron chi connectivity index (χ1n) is 12.4. The average Bonchev–Trinajstić information content (AvgIpc) is 3.31. The van der Waals surface area contributed by atoms with E-state index in [1.54, 1.807) is 13.3 Å². The van der Waals surface area contributed by atoms with Gasteiger partial charge in [0.2, 0.25) is 5.95 Å². The Bertz CT molecular complexity index is 935. The Hall–Kier alpha value is -2.65. The minimum Gasteiger partial charge on any atom is -0.488 e. The first kappa shape index (κ1) is 24.5. The molecule has 0 unspecified atom stereocenters. The Morgan fingerprint density at radius 2 is 1.97 bits per heavy atom. The van der Waals surface area contributed by atoms with Crippen molar-refractivity contribution in [1.29, 1.82) is 0 Å². The molecule has 186 valence electrons. The van der Waals surface area contributed by atoms with Crippen LogP contribution >= 0.6 is 0 Å². The molecule has 0 radical (unpaired) electrons. The van der Waals surface area contributed by atoms with Crippen LogP contribution in [0.4, 0.5) is 17.5 Å². The van der Waals surface area contributed by atoms with Crippen LogP contribution < -0.4 is 20.1 Å². The monoisotopic (exact) mass is 470 g/mol. The number of rotatable bonds is 10. The van der Waals surface area contributed by atoms with Crippen molar-refractivity contribution in [3.63, 3.8) is 0 Å². The Kier molecular flexibility index (Phi) is 8.39. The van der Waals surface area contributed by atoms with Gasteiger partial charge < -0.3 is 29.7 Å². The summed E-state index contributed by atoms with van der Waals surface area (Å²) in [6.07, 6.45) is 5.02. The van der Waals surface area contributed by atoms with Crippen LogP contribution in [0.1, 0.15) is 38.8 Å². The fraction of sp³-hybridized carbons (Fsp3) is 0.640. The first-order chi connectivity index (χ1) is 16.5. The number of ether oxygens (including phenoxy) is 3. The highest BCUT2D eigenvalue weighted by atomic mass is 16.5. The van der Waals surface area contributed by atoms with Crippen molar-refractivity contribution in [2.45, 2.75) is 46.1 Å².